The summed E-state index contributed by atoms with van der Waals surface area (Å²) in [7, 11) is 0. The van der Waals surface area contributed by atoms with E-state index in [1.54, 1.807) is 0 Å². The Kier molecular flexibility index (Phi) is 3.02. The van der Waals surface area contributed by atoms with Gasteiger partial charge >= 0.3 is 0 Å². The van der Waals surface area contributed by atoms with Gasteiger partial charge in [0.1, 0.15) is 0 Å². The highest BCUT2D eigenvalue weighted by atomic mass is 16.2. The zero-order valence-electron chi connectivity index (χ0n) is 7.22. The van der Waals surface area contributed by atoms with Gasteiger partial charge in [-0.1, -0.05) is 25.8 Å². The third kappa shape index (κ3) is 2.19. The number of imide groups is 1. The van der Waals surface area contributed by atoms with E-state index < -0.39 is 0 Å². The van der Waals surface area contributed by atoms with E-state index in [1.807, 2.05) is 6.08 Å². The standard InChI is InChI=1S/C9H13NO2/c1-2-3-4-5-7-6-8(11)10-9(7)12/h5H,2-4,6H2,1H3,(H,10,11,12). The van der Waals surface area contributed by atoms with Gasteiger partial charge in [-0.15, -0.1) is 0 Å². The van der Waals surface area contributed by atoms with Gasteiger partial charge in [-0.05, 0) is 6.42 Å². The topological polar surface area (TPSA) is 46.2 Å². The molecule has 2 amide bonds. The van der Waals surface area contributed by atoms with Gasteiger partial charge < -0.3 is 0 Å². The minimum atomic E-state index is -0.212. The second-order valence-corrected chi connectivity index (χ2v) is 2.93. The lowest BCUT2D eigenvalue weighted by Gasteiger charge is -1.91. The van der Waals surface area contributed by atoms with Crippen LogP contribution >= 0.6 is 0 Å². The molecule has 0 aromatic rings. The van der Waals surface area contributed by atoms with Gasteiger partial charge in [0.05, 0.1) is 6.42 Å². The Labute approximate surface area is 71.8 Å². The highest BCUT2D eigenvalue weighted by Gasteiger charge is 2.22. The van der Waals surface area contributed by atoms with Crippen LogP contribution in [0.15, 0.2) is 11.6 Å². The van der Waals surface area contributed by atoms with E-state index in [1.165, 1.54) is 0 Å². The van der Waals surface area contributed by atoms with Gasteiger partial charge in [-0.2, -0.15) is 0 Å². The maximum atomic E-state index is 11.0. The third-order valence-electron chi connectivity index (χ3n) is 1.84. The molecular formula is C9H13NO2. The first-order valence-electron chi connectivity index (χ1n) is 4.27. The van der Waals surface area contributed by atoms with Crippen molar-refractivity contribution in [1.82, 2.24) is 5.32 Å². The summed E-state index contributed by atoms with van der Waals surface area (Å²) in [6.45, 7) is 2.10. The van der Waals surface area contributed by atoms with Crippen molar-refractivity contribution in [3.05, 3.63) is 11.6 Å². The van der Waals surface area contributed by atoms with Gasteiger partial charge in [0.25, 0.3) is 5.91 Å². The monoisotopic (exact) mass is 167 g/mol. The molecule has 0 spiro atoms. The van der Waals surface area contributed by atoms with Crippen LogP contribution in [-0.2, 0) is 9.59 Å². The Morgan fingerprint density at radius 3 is 2.75 bits per heavy atom. The number of hydrogen-bond acceptors (Lipinski definition) is 2. The number of rotatable bonds is 3. The molecule has 3 heteroatoms. The molecule has 0 bridgehead atoms. The summed E-state index contributed by atoms with van der Waals surface area (Å²) >= 11 is 0. The number of unbranched alkanes of at least 4 members (excludes halogenated alkanes) is 2. The summed E-state index contributed by atoms with van der Waals surface area (Å²) in [6, 6.07) is 0. The lowest BCUT2D eigenvalue weighted by Crippen LogP contribution is -2.19. The lowest BCUT2D eigenvalue weighted by molar-refractivity contribution is -0.124. The first kappa shape index (κ1) is 8.97. The van der Waals surface area contributed by atoms with Crippen LogP contribution in [0.3, 0.4) is 0 Å². The van der Waals surface area contributed by atoms with Crippen molar-refractivity contribution < 1.29 is 9.59 Å². The first-order chi connectivity index (χ1) is 5.74. The molecule has 1 rings (SSSR count). The summed E-state index contributed by atoms with van der Waals surface area (Å²) in [4.78, 5) is 21.7. The van der Waals surface area contributed by atoms with Crippen molar-refractivity contribution >= 4 is 11.8 Å². The molecule has 0 unspecified atom stereocenters. The van der Waals surface area contributed by atoms with E-state index in [4.69, 9.17) is 0 Å². The summed E-state index contributed by atoms with van der Waals surface area (Å²) < 4.78 is 0. The molecule has 0 aliphatic carbocycles. The average molecular weight is 167 g/mol. The van der Waals surface area contributed by atoms with E-state index in [9.17, 15) is 9.59 Å². The molecule has 1 N–H and O–H groups in total. The molecule has 12 heavy (non-hydrogen) atoms. The van der Waals surface area contributed by atoms with Crippen LogP contribution in [0.1, 0.15) is 32.6 Å². The van der Waals surface area contributed by atoms with E-state index >= 15 is 0 Å². The molecule has 1 aliphatic rings. The van der Waals surface area contributed by atoms with Crippen molar-refractivity contribution in [2.45, 2.75) is 32.6 Å². The number of carbonyl (C=O) groups excluding carboxylic acids is 2. The zero-order chi connectivity index (χ0) is 8.97. The van der Waals surface area contributed by atoms with E-state index in [-0.39, 0.29) is 18.2 Å². The van der Waals surface area contributed by atoms with Crippen molar-refractivity contribution in [3.63, 3.8) is 0 Å². The SMILES string of the molecule is CCCCC=C1CC(=O)NC1=O. The van der Waals surface area contributed by atoms with E-state index in [0.29, 0.717) is 5.57 Å². The Balaban J connectivity index is 2.46. The number of amides is 2. The Bertz CT molecular complexity index is 231. The molecule has 1 heterocycles. The summed E-state index contributed by atoms with van der Waals surface area (Å²) in [5.74, 6) is -0.390. The minimum absolute atomic E-state index is 0.178. The van der Waals surface area contributed by atoms with E-state index in [0.717, 1.165) is 19.3 Å². The van der Waals surface area contributed by atoms with Gasteiger partial charge in [0.2, 0.25) is 5.91 Å². The Morgan fingerprint density at radius 1 is 1.50 bits per heavy atom. The second kappa shape index (κ2) is 4.04. The maximum Gasteiger partial charge on any atom is 0.253 e. The van der Waals surface area contributed by atoms with Crippen molar-refractivity contribution in [2.75, 3.05) is 0 Å². The molecule has 0 atom stereocenters. The van der Waals surface area contributed by atoms with Crippen LogP contribution in [-0.4, -0.2) is 11.8 Å². The van der Waals surface area contributed by atoms with Gasteiger partial charge in [0, 0.05) is 5.57 Å². The smallest absolute Gasteiger partial charge is 0.253 e. The predicted molar refractivity (Wildman–Crippen MR) is 45.4 cm³/mol. The van der Waals surface area contributed by atoms with Crippen molar-refractivity contribution in [1.29, 1.82) is 0 Å². The van der Waals surface area contributed by atoms with Crippen molar-refractivity contribution in [3.8, 4) is 0 Å². The zero-order valence-corrected chi connectivity index (χ0v) is 7.22. The van der Waals surface area contributed by atoms with Crippen LogP contribution in [0.2, 0.25) is 0 Å². The van der Waals surface area contributed by atoms with Crippen LogP contribution in [0.25, 0.3) is 0 Å². The fraction of sp³-hybridized carbons (Fsp3) is 0.556. The number of hydrogen-bond donors (Lipinski definition) is 1. The fourth-order valence-electron chi connectivity index (χ4n) is 1.15. The number of allylic oxidation sites excluding steroid dienone is 1. The van der Waals surface area contributed by atoms with Crippen LogP contribution in [0.5, 0.6) is 0 Å². The fourth-order valence-corrected chi connectivity index (χ4v) is 1.15. The highest BCUT2D eigenvalue weighted by Crippen LogP contribution is 2.10. The first-order valence-corrected chi connectivity index (χ1v) is 4.27. The van der Waals surface area contributed by atoms with Gasteiger partial charge in [0.15, 0.2) is 0 Å². The lowest BCUT2D eigenvalue weighted by atomic mass is 10.1. The molecule has 0 radical (unpaired) electrons. The molecule has 1 aliphatic heterocycles. The van der Waals surface area contributed by atoms with Crippen LogP contribution in [0.4, 0.5) is 0 Å². The highest BCUT2D eigenvalue weighted by molar-refractivity contribution is 6.13. The molecule has 0 saturated carbocycles. The Hall–Kier alpha value is -1.12. The van der Waals surface area contributed by atoms with Crippen LogP contribution < -0.4 is 5.32 Å². The van der Waals surface area contributed by atoms with Gasteiger partial charge in [-0.25, -0.2) is 0 Å². The molecule has 0 aromatic heterocycles. The average Bonchev–Trinajstić information content (AvgIpc) is 2.31. The predicted octanol–water partition coefficient (Wildman–Crippen LogP) is 1.15. The molecule has 1 fully saturated rings. The normalized spacial score (nSPS) is 20.2. The van der Waals surface area contributed by atoms with Crippen LogP contribution in [0, 0.1) is 0 Å². The summed E-state index contributed by atoms with van der Waals surface area (Å²) in [5.41, 5.74) is 0.633. The number of nitrogens with one attached hydrogen (secondary N) is 1. The maximum absolute atomic E-state index is 11.0. The second-order valence-electron chi connectivity index (χ2n) is 2.93. The summed E-state index contributed by atoms with van der Waals surface area (Å²) in [5, 5.41) is 2.25. The number of carbonyl (C=O) groups is 2. The molecule has 3 nitrogen and oxygen atoms in total. The molecule has 66 valence electrons. The largest absolute Gasteiger partial charge is 0.292 e. The molecular weight excluding hydrogens is 154 g/mol. The molecule has 0 aromatic carbocycles. The Morgan fingerprint density at radius 2 is 2.25 bits per heavy atom. The third-order valence-corrected chi connectivity index (χ3v) is 1.84. The quantitative estimate of drug-likeness (QED) is 0.389. The van der Waals surface area contributed by atoms with E-state index in [2.05, 4.69) is 12.2 Å². The van der Waals surface area contributed by atoms with Gasteiger partial charge in [-0.3, -0.25) is 14.9 Å². The molecule has 1 saturated heterocycles. The van der Waals surface area contributed by atoms with Crippen molar-refractivity contribution in [2.24, 2.45) is 0 Å². The minimum Gasteiger partial charge on any atom is -0.292 e. The summed E-state index contributed by atoms with van der Waals surface area (Å²) in [6.07, 6.45) is 5.21.